The molecule has 0 unspecified atom stereocenters. The Kier molecular flexibility index (Phi) is 5.33. The van der Waals surface area contributed by atoms with Gasteiger partial charge in [-0.2, -0.15) is 15.2 Å². The van der Waals surface area contributed by atoms with Crippen LogP contribution in [0.15, 0.2) is 53.2 Å². The van der Waals surface area contributed by atoms with E-state index in [1.807, 2.05) is 36.1 Å². The third kappa shape index (κ3) is 3.97. The number of aryl methyl sites for hydroxylation is 3. The van der Waals surface area contributed by atoms with Crippen molar-refractivity contribution in [1.82, 2.24) is 29.5 Å². The first-order chi connectivity index (χ1) is 17.1. The van der Waals surface area contributed by atoms with Crippen molar-refractivity contribution in [3.63, 3.8) is 0 Å². The molecule has 9 heteroatoms. The molecule has 0 amide bonds. The summed E-state index contributed by atoms with van der Waals surface area (Å²) in [5.41, 5.74) is 6.58. The molecule has 6 rings (SSSR count). The van der Waals surface area contributed by atoms with Crippen LogP contribution in [-0.4, -0.2) is 55.8 Å². The number of hydrogen-bond donors (Lipinski definition) is 0. The van der Waals surface area contributed by atoms with Gasteiger partial charge in [-0.15, -0.1) is 0 Å². The SMILES string of the molecule is CCn1nc(-c2cc3nc(-n4cc(-c5cccc(C)c5)cn4)nc(N4CCOCC4)c3o2)cc1C. The Balaban J connectivity index is 1.46. The number of morpholine rings is 1. The number of aromatic nitrogens is 6. The van der Waals surface area contributed by atoms with Crippen molar-refractivity contribution in [2.24, 2.45) is 0 Å². The molecule has 178 valence electrons. The van der Waals surface area contributed by atoms with E-state index in [0.717, 1.165) is 53.5 Å². The maximum absolute atomic E-state index is 6.32. The Morgan fingerprint density at radius 2 is 1.86 bits per heavy atom. The van der Waals surface area contributed by atoms with Gasteiger partial charge in [-0.1, -0.05) is 29.8 Å². The lowest BCUT2D eigenvalue weighted by molar-refractivity contribution is 0.122. The lowest BCUT2D eigenvalue weighted by Gasteiger charge is -2.27. The second kappa shape index (κ2) is 8.66. The quantitative estimate of drug-likeness (QED) is 0.377. The van der Waals surface area contributed by atoms with Crippen LogP contribution >= 0.6 is 0 Å². The maximum atomic E-state index is 6.32. The zero-order chi connectivity index (χ0) is 23.9. The molecule has 4 aromatic heterocycles. The minimum Gasteiger partial charge on any atom is -0.449 e. The molecular formula is C26H27N7O2. The van der Waals surface area contributed by atoms with E-state index in [9.17, 15) is 0 Å². The van der Waals surface area contributed by atoms with Crippen molar-refractivity contribution in [3.05, 3.63) is 60.0 Å². The summed E-state index contributed by atoms with van der Waals surface area (Å²) in [6.07, 6.45) is 3.81. The molecule has 0 radical (unpaired) electrons. The second-order valence-corrected chi connectivity index (χ2v) is 8.80. The van der Waals surface area contributed by atoms with Crippen LogP contribution in [0.3, 0.4) is 0 Å². The maximum Gasteiger partial charge on any atom is 0.253 e. The highest BCUT2D eigenvalue weighted by Gasteiger charge is 2.23. The summed E-state index contributed by atoms with van der Waals surface area (Å²) >= 11 is 0. The highest BCUT2D eigenvalue weighted by molar-refractivity contribution is 5.88. The van der Waals surface area contributed by atoms with Crippen molar-refractivity contribution in [3.8, 4) is 28.5 Å². The van der Waals surface area contributed by atoms with E-state index in [4.69, 9.17) is 19.1 Å². The number of rotatable bonds is 5. The fourth-order valence-corrected chi connectivity index (χ4v) is 4.48. The van der Waals surface area contributed by atoms with E-state index < -0.39 is 0 Å². The van der Waals surface area contributed by atoms with Gasteiger partial charge in [0.25, 0.3) is 5.95 Å². The van der Waals surface area contributed by atoms with Crippen molar-refractivity contribution in [2.75, 3.05) is 31.2 Å². The molecule has 0 atom stereocenters. The first-order valence-corrected chi connectivity index (χ1v) is 11.9. The molecule has 1 aliphatic rings. The van der Waals surface area contributed by atoms with E-state index in [1.54, 1.807) is 4.68 Å². The summed E-state index contributed by atoms with van der Waals surface area (Å²) in [6, 6.07) is 12.3. The van der Waals surface area contributed by atoms with Gasteiger partial charge in [0, 0.05) is 43.2 Å². The van der Waals surface area contributed by atoms with E-state index in [0.29, 0.717) is 30.5 Å². The summed E-state index contributed by atoms with van der Waals surface area (Å²) in [5, 5.41) is 9.26. The van der Waals surface area contributed by atoms with E-state index >= 15 is 0 Å². The lowest BCUT2D eigenvalue weighted by atomic mass is 10.1. The van der Waals surface area contributed by atoms with Crippen LogP contribution in [0.4, 0.5) is 5.82 Å². The fraction of sp³-hybridized carbons (Fsp3) is 0.308. The Bertz CT molecular complexity index is 1510. The molecule has 0 bridgehead atoms. The second-order valence-electron chi connectivity index (χ2n) is 8.80. The van der Waals surface area contributed by atoms with E-state index in [1.165, 1.54) is 5.56 Å². The monoisotopic (exact) mass is 469 g/mol. The predicted octanol–water partition coefficient (Wildman–Crippen LogP) is 4.41. The zero-order valence-electron chi connectivity index (χ0n) is 20.1. The van der Waals surface area contributed by atoms with Crippen LogP contribution in [0.25, 0.3) is 39.6 Å². The van der Waals surface area contributed by atoms with Gasteiger partial charge in [0.2, 0.25) is 0 Å². The number of furan rings is 1. The van der Waals surface area contributed by atoms with Crippen LogP contribution in [0.1, 0.15) is 18.2 Å². The third-order valence-electron chi connectivity index (χ3n) is 6.32. The zero-order valence-corrected chi connectivity index (χ0v) is 20.1. The van der Waals surface area contributed by atoms with Gasteiger partial charge in [0.1, 0.15) is 11.2 Å². The van der Waals surface area contributed by atoms with Gasteiger partial charge in [-0.25, -0.2) is 9.67 Å². The van der Waals surface area contributed by atoms with Gasteiger partial charge in [0.05, 0.1) is 19.4 Å². The topological polar surface area (TPSA) is 87.0 Å². The van der Waals surface area contributed by atoms with Crippen LogP contribution < -0.4 is 4.90 Å². The van der Waals surface area contributed by atoms with Crippen molar-refractivity contribution < 1.29 is 9.15 Å². The molecule has 1 fully saturated rings. The van der Waals surface area contributed by atoms with Crippen molar-refractivity contribution in [1.29, 1.82) is 0 Å². The smallest absolute Gasteiger partial charge is 0.253 e. The average Bonchev–Trinajstić information content (AvgIpc) is 3.62. The van der Waals surface area contributed by atoms with Gasteiger partial charge in [0.15, 0.2) is 17.2 Å². The average molecular weight is 470 g/mol. The highest BCUT2D eigenvalue weighted by Crippen LogP contribution is 2.33. The molecule has 5 heterocycles. The fourth-order valence-electron chi connectivity index (χ4n) is 4.48. The molecule has 1 saturated heterocycles. The van der Waals surface area contributed by atoms with Gasteiger partial charge < -0.3 is 14.1 Å². The Morgan fingerprint density at radius 1 is 1.00 bits per heavy atom. The van der Waals surface area contributed by atoms with E-state index in [-0.39, 0.29) is 0 Å². The molecule has 0 aliphatic carbocycles. The molecule has 0 spiro atoms. The lowest BCUT2D eigenvalue weighted by Crippen LogP contribution is -2.37. The first-order valence-electron chi connectivity index (χ1n) is 11.9. The summed E-state index contributed by atoms with van der Waals surface area (Å²) in [5.74, 6) is 1.93. The summed E-state index contributed by atoms with van der Waals surface area (Å²) in [6.45, 7) is 9.77. The van der Waals surface area contributed by atoms with Gasteiger partial charge >= 0.3 is 0 Å². The molecule has 1 aliphatic heterocycles. The van der Waals surface area contributed by atoms with E-state index in [2.05, 4.69) is 53.2 Å². The highest BCUT2D eigenvalue weighted by atomic mass is 16.5. The van der Waals surface area contributed by atoms with Gasteiger partial charge in [-0.05, 0) is 32.4 Å². The summed E-state index contributed by atoms with van der Waals surface area (Å²) < 4.78 is 15.6. The standard InChI is InChI=1S/C26H27N7O2/c1-4-32-18(3)13-21(30-32)23-14-22-24(35-23)25(31-8-10-34-11-9-31)29-26(28-22)33-16-20(15-27-33)19-7-5-6-17(2)12-19/h5-7,12-16H,4,8-11H2,1-3H3. The molecule has 5 aromatic rings. The van der Waals surface area contributed by atoms with Crippen LogP contribution in [0.5, 0.6) is 0 Å². The minimum absolute atomic E-state index is 0.500. The van der Waals surface area contributed by atoms with Crippen LogP contribution in [-0.2, 0) is 11.3 Å². The number of nitrogens with zero attached hydrogens (tertiary/aromatic N) is 7. The number of ether oxygens (including phenoxy) is 1. The largest absolute Gasteiger partial charge is 0.449 e. The number of anilines is 1. The Hall–Kier alpha value is -3.98. The normalized spacial score (nSPS) is 14.2. The third-order valence-corrected chi connectivity index (χ3v) is 6.32. The first kappa shape index (κ1) is 21.5. The summed E-state index contributed by atoms with van der Waals surface area (Å²) in [7, 11) is 0. The van der Waals surface area contributed by atoms with Crippen LogP contribution in [0, 0.1) is 13.8 Å². The molecule has 0 saturated carbocycles. The van der Waals surface area contributed by atoms with Gasteiger partial charge in [-0.3, -0.25) is 4.68 Å². The number of benzene rings is 1. The number of fused-ring (bicyclic) bond motifs is 1. The van der Waals surface area contributed by atoms with Crippen molar-refractivity contribution in [2.45, 2.75) is 27.3 Å². The molecule has 1 aromatic carbocycles. The van der Waals surface area contributed by atoms with Crippen LogP contribution in [0.2, 0.25) is 0 Å². The number of hydrogen-bond acceptors (Lipinski definition) is 7. The Morgan fingerprint density at radius 3 is 2.63 bits per heavy atom. The minimum atomic E-state index is 0.500. The summed E-state index contributed by atoms with van der Waals surface area (Å²) in [4.78, 5) is 11.9. The molecule has 0 N–H and O–H groups in total. The Labute approximate surface area is 203 Å². The predicted molar refractivity (Wildman–Crippen MR) is 134 cm³/mol. The molecule has 9 nitrogen and oxygen atoms in total. The molecule has 35 heavy (non-hydrogen) atoms. The molecular weight excluding hydrogens is 442 g/mol. The van der Waals surface area contributed by atoms with Crippen molar-refractivity contribution >= 4 is 16.9 Å².